The first-order chi connectivity index (χ1) is 16.9. The number of ether oxygens (including phenoxy) is 3. The topological polar surface area (TPSA) is 116 Å². The molecule has 2 aromatic carbocycles. The number of fused-ring (bicyclic) bond motifs is 1. The number of esters is 1. The van der Waals surface area contributed by atoms with Crippen LogP contribution in [0.1, 0.15) is 21.5 Å². The minimum absolute atomic E-state index is 0.0129. The maximum Gasteiger partial charge on any atom is 0.341 e. The number of aryl methyl sites for hydroxylation is 2. The Morgan fingerprint density at radius 2 is 1.69 bits per heavy atom. The molecule has 0 saturated heterocycles. The Kier molecular flexibility index (Phi) is 7.51. The molecule has 4 rings (SSSR count). The summed E-state index contributed by atoms with van der Waals surface area (Å²) in [7, 11) is 0. The Bertz CT molecular complexity index is 1280. The second-order valence-electron chi connectivity index (χ2n) is 7.68. The average molecular weight is 494 g/mol. The van der Waals surface area contributed by atoms with E-state index < -0.39 is 18.5 Å². The molecule has 0 atom stereocenters. The van der Waals surface area contributed by atoms with Crippen LogP contribution in [0.2, 0.25) is 0 Å². The molecular formula is C25H23N3O6S. The first-order valence-corrected chi connectivity index (χ1v) is 11.7. The van der Waals surface area contributed by atoms with E-state index in [9.17, 15) is 14.4 Å². The van der Waals surface area contributed by atoms with E-state index in [0.29, 0.717) is 27.9 Å². The van der Waals surface area contributed by atoms with Crippen LogP contribution in [0, 0.1) is 13.8 Å². The zero-order valence-corrected chi connectivity index (χ0v) is 19.9. The van der Waals surface area contributed by atoms with Gasteiger partial charge in [0.2, 0.25) is 12.7 Å². The van der Waals surface area contributed by atoms with Gasteiger partial charge in [0.1, 0.15) is 5.03 Å². The van der Waals surface area contributed by atoms with Gasteiger partial charge in [0.25, 0.3) is 5.91 Å². The molecule has 180 valence electrons. The van der Waals surface area contributed by atoms with Crippen molar-refractivity contribution < 1.29 is 28.6 Å². The van der Waals surface area contributed by atoms with Crippen LogP contribution in [0.25, 0.3) is 0 Å². The van der Waals surface area contributed by atoms with E-state index in [4.69, 9.17) is 14.2 Å². The van der Waals surface area contributed by atoms with Crippen molar-refractivity contribution in [3.63, 3.8) is 0 Å². The first-order valence-electron chi connectivity index (χ1n) is 10.7. The second-order valence-corrected chi connectivity index (χ2v) is 8.65. The number of nitrogens with zero attached hydrogens (tertiary/aromatic N) is 1. The normalized spacial score (nSPS) is 11.6. The van der Waals surface area contributed by atoms with Crippen molar-refractivity contribution in [2.75, 3.05) is 29.8 Å². The van der Waals surface area contributed by atoms with Gasteiger partial charge >= 0.3 is 5.97 Å². The predicted octanol–water partition coefficient (Wildman–Crippen LogP) is 3.95. The minimum Gasteiger partial charge on any atom is -0.454 e. The SMILES string of the molecule is Cc1ccc(NC(=O)COC(=O)c2cccnc2SCC(=O)Nc2ccc3c(c2)OCO3)cc1C. The third-order valence-corrected chi connectivity index (χ3v) is 6.12. The first kappa shape index (κ1) is 24.1. The van der Waals surface area contributed by atoms with Crippen molar-refractivity contribution in [2.24, 2.45) is 0 Å². The molecule has 2 N–H and O–H groups in total. The summed E-state index contributed by atoms with van der Waals surface area (Å²) >= 11 is 1.09. The second kappa shape index (κ2) is 10.9. The number of rotatable bonds is 8. The fraction of sp³-hybridized carbons (Fsp3) is 0.200. The summed E-state index contributed by atoms with van der Waals surface area (Å²) in [5.74, 6) is -0.246. The standard InChI is InChI=1S/C25H23N3O6S/c1-15-5-6-17(10-16(15)2)27-22(29)12-32-25(31)19-4-3-9-26-24(19)35-13-23(30)28-18-7-8-20-21(11-18)34-14-33-20/h3-11H,12-14H2,1-2H3,(H,27,29)(H,28,30). The Hall–Kier alpha value is -4.05. The zero-order chi connectivity index (χ0) is 24.8. The van der Waals surface area contributed by atoms with E-state index in [1.165, 1.54) is 12.3 Å². The zero-order valence-electron chi connectivity index (χ0n) is 19.1. The van der Waals surface area contributed by atoms with Crippen LogP contribution < -0.4 is 20.1 Å². The largest absolute Gasteiger partial charge is 0.454 e. The molecule has 10 heteroatoms. The Morgan fingerprint density at radius 3 is 2.51 bits per heavy atom. The number of hydrogen-bond acceptors (Lipinski definition) is 8. The molecule has 0 fully saturated rings. The van der Waals surface area contributed by atoms with E-state index in [1.54, 1.807) is 30.3 Å². The average Bonchev–Trinajstić information content (AvgIpc) is 3.32. The van der Waals surface area contributed by atoms with Crippen LogP contribution in [-0.2, 0) is 14.3 Å². The minimum atomic E-state index is -0.702. The van der Waals surface area contributed by atoms with Crippen LogP contribution in [0.5, 0.6) is 11.5 Å². The Labute approximate surface area is 206 Å². The van der Waals surface area contributed by atoms with Gasteiger partial charge in [-0.15, -0.1) is 0 Å². The van der Waals surface area contributed by atoms with E-state index in [1.807, 2.05) is 26.0 Å². The van der Waals surface area contributed by atoms with E-state index in [-0.39, 0.29) is 24.0 Å². The van der Waals surface area contributed by atoms with Crippen LogP contribution in [0.3, 0.4) is 0 Å². The number of benzene rings is 2. The maximum absolute atomic E-state index is 12.6. The smallest absolute Gasteiger partial charge is 0.341 e. The number of carbonyl (C=O) groups is 3. The van der Waals surface area contributed by atoms with Gasteiger partial charge in [-0.3, -0.25) is 9.59 Å². The third kappa shape index (κ3) is 6.30. The molecule has 9 nitrogen and oxygen atoms in total. The molecule has 1 aliphatic rings. The molecule has 1 aromatic heterocycles. The molecule has 0 saturated carbocycles. The summed E-state index contributed by atoms with van der Waals surface area (Å²) in [5, 5.41) is 5.80. The van der Waals surface area contributed by atoms with Crippen LogP contribution in [0.15, 0.2) is 59.8 Å². The van der Waals surface area contributed by atoms with Gasteiger partial charge < -0.3 is 24.8 Å². The molecule has 35 heavy (non-hydrogen) atoms. The third-order valence-electron chi connectivity index (χ3n) is 5.11. The summed E-state index contributed by atoms with van der Waals surface area (Å²) in [6, 6.07) is 13.8. The highest BCUT2D eigenvalue weighted by Crippen LogP contribution is 2.34. The molecule has 0 radical (unpaired) electrons. The van der Waals surface area contributed by atoms with Crippen molar-refractivity contribution in [3.8, 4) is 11.5 Å². The lowest BCUT2D eigenvalue weighted by Gasteiger charge is -2.10. The van der Waals surface area contributed by atoms with Gasteiger partial charge in [-0.05, 0) is 61.4 Å². The highest BCUT2D eigenvalue weighted by atomic mass is 32.2. The Balaban J connectivity index is 1.29. The summed E-state index contributed by atoms with van der Waals surface area (Å²) in [6.45, 7) is 3.62. The molecule has 0 spiro atoms. The summed E-state index contributed by atoms with van der Waals surface area (Å²) in [4.78, 5) is 41.4. The molecule has 0 bridgehead atoms. The fourth-order valence-electron chi connectivity index (χ4n) is 3.19. The number of carbonyl (C=O) groups excluding carboxylic acids is 3. The van der Waals surface area contributed by atoms with E-state index in [2.05, 4.69) is 15.6 Å². The molecule has 2 heterocycles. The monoisotopic (exact) mass is 493 g/mol. The number of hydrogen-bond donors (Lipinski definition) is 2. The van der Waals surface area contributed by atoms with Gasteiger partial charge in [0.05, 0.1) is 11.3 Å². The lowest BCUT2D eigenvalue weighted by atomic mass is 10.1. The van der Waals surface area contributed by atoms with Crippen LogP contribution in [-0.4, -0.2) is 41.9 Å². The van der Waals surface area contributed by atoms with Gasteiger partial charge in [0.15, 0.2) is 18.1 Å². The number of pyridine rings is 1. The molecule has 2 amide bonds. The number of anilines is 2. The molecule has 1 aliphatic heterocycles. The fourth-order valence-corrected chi connectivity index (χ4v) is 3.97. The van der Waals surface area contributed by atoms with Crippen LogP contribution in [0.4, 0.5) is 11.4 Å². The molecule has 3 aromatic rings. The lowest BCUT2D eigenvalue weighted by Crippen LogP contribution is -2.21. The van der Waals surface area contributed by atoms with Gasteiger partial charge in [-0.2, -0.15) is 0 Å². The summed E-state index contributed by atoms with van der Waals surface area (Å²) < 4.78 is 15.7. The van der Waals surface area contributed by atoms with Crippen molar-refractivity contribution in [3.05, 3.63) is 71.4 Å². The van der Waals surface area contributed by atoms with Gasteiger partial charge in [0, 0.05) is 23.6 Å². The quantitative estimate of drug-likeness (QED) is 0.358. The maximum atomic E-state index is 12.6. The molecule has 0 aliphatic carbocycles. The highest BCUT2D eigenvalue weighted by molar-refractivity contribution is 8.00. The number of thioether (sulfide) groups is 1. The van der Waals surface area contributed by atoms with Gasteiger partial charge in [-0.25, -0.2) is 9.78 Å². The predicted molar refractivity (Wildman–Crippen MR) is 131 cm³/mol. The molecular weight excluding hydrogens is 470 g/mol. The molecule has 0 unspecified atom stereocenters. The number of aromatic nitrogens is 1. The summed E-state index contributed by atoms with van der Waals surface area (Å²) in [6.07, 6.45) is 1.52. The lowest BCUT2D eigenvalue weighted by molar-refractivity contribution is -0.119. The number of nitrogens with one attached hydrogen (secondary N) is 2. The number of amides is 2. The van der Waals surface area contributed by atoms with Crippen molar-refractivity contribution in [2.45, 2.75) is 18.9 Å². The Morgan fingerprint density at radius 1 is 0.943 bits per heavy atom. The van der Waals surface area contributed by atoms with Crippen molar-refractivity contribution in [1.82, 2.24) is 4.98 Å². The van der Waals surface area contributed by atoms with Crippen molar-refractivity contribution >= 4 is 40.9 Å². The highest BCUT2D eigenvalue weighted by Gasteiger charge is 2.18. The van der Waals surface area contributed by atoms with E-state index >= 15 is 0 Å². The van der Waals surface area contributed by atoms with E-state index in [0.717, 1.165) is 22.9 Å². The van der Waals surface area contributed by atoms with Gasteiger partial charge in [-0.1, -0.05) is 17.8 Å². The van der Waals surface area contributed by atoms with Crippen LogP contribution >= 0.6 is 11.8 Å². The van der Waals surface area contributed by atoms with Crippen molar-refractivity contribution in [1.29, 1.82) is 0 Å². The summed E-state index contributed by atoms with van der Waals surface area (Å²) in [5.41, 5.74) is 3.52.